The molecular weight excluding hydrogens is 284 g/mol. The van der Waals surface area contributed by atoms with Crippen molar-refractivity contribution in [3.8, 4) is 0 Å². The first-order chi connectivity index (χ1) is 10.0. The van der Waals surface area contributed by atoms with Crippen LogP contribution < -0.4 is 5.32 Å². The lowest BCUT2D eigenvalue weighted by Gasteiger charge is -2.18. The van der Waals surface area contributed by atoms with E-state index in [0.29, 0.717) is 23.8 Å². The molecule has 1 N–H and O–H groups in total. The van der Waals surface area contributed by atoms with Gasteiger partial charge in [0.25, 0.3) is 5.91 Å². The van der Waals surface area contributed by atoms with E-state index in [4.69, 9.17) is 0 Å². The highest BCUT2D eigenvalue weighted by atomic mass is 32.1. The molecule has 2 aromatic rings. The summed E-state index contributed by atoms with van der Waals surface area (Å²) in [6.07, 6.45) is 1.67. The molecule has 0 aromatic carbocycles. The maximum Gasteiger partial charge on any atom is 0.274 e. The van der Waals surface area contributed by atoms with Gasteiger partial charge >= 0.3 is 0 Å². The second-order valence-corrected chi connectivity index (χ2v) is 5.97. The quantitative estimate of drug-likeness (QED) is 0.922. The van der Waals surface area contributed by atoms with E-state index in [-0.39, 0.29) is 11.8 Å². The van der Waals surface area contributed by atoms with E-state index < -0.39 is 0 Å². The molecule has 0 unspecified atom stereocenters. The van der Waals surface area contributed by atoms with Crippen molar-refractivity contribution in [2.24, 2.45) is 0 Å². The minimum Gasteiger partial charge on any atom is -0.385 e. The molecule has 2 aromatic heterocycles. The van der Waals surface area contributed by atoms with Gasteiger partial charge in [0.2, 0.25) is 0 Å². The van der Waals surface area contributed by atoms with Crippen molar-refractivity contribution in [1.29, 1.82) is 0 Å². The lowest BCUT2D eigenvalue weighted by Crippen LogP contribution is -2.28. The highest BCUT2D eigenvalue weighted by Crippen LogP contribution is 2.18. The monoisotopic (exact) mass is 304 g/mol. The van der Waals surface area contributed by atoms with Crippen LogP contribution in [0, 0.1) is 0 Å². The normalized spacial score (nSPS) is 10.7. The first-order valence-electron chi connectivity index (χ1n) is 6.84. The van der Waals surface area contributed by atoms with Crippen molar-refractivity contribution in [2.75, 3.05) is 19.4 Å². The van der Waals surface area contributed by atoms with Gasteiger partial charge in [0, 0.05) is 26.6 Å². The zero-order chi connectivity index (χ0) is 15.4. The Morgan fingerprint density at radius 1 is 1.48 bits per heavy atom. The maximum absolute atomic E-state index is 12.6. The summed E-state index contributed by atoms with van der Waals surface area (Å²) in [6.45, 7) is 4.60. The zero-order valence-electron chi connectivity index (χ0n) is 12.8. The Morgan fingerprint density at radius 2 is 2.24 bits per heavy atom. The molecule has 0 saturated heterocycles. The smallest absolute Gasteiger partial charge is 0.274 e. The lowest BCUT2D eigenvalue weighted by atomic mass is 10.2. The Morgan fingerprint density at radius 3 is 2.81 bits per heavy atom. The molecule has 6 heteroatoms. The van der Waals surface area contributed by atoms with E-state index in [0.717, 1.165) is 5.56 Å². The standard InChI is InChI=1S/C15H20N4OS/c1-10(2)14-17-7-12(16-3)13(18-14)15(20)19(4)8-11-5-6-21-9-11/h5-7,9-10,16H,8H2,1-4H3. The van der Waals surface area contributed by atoms with Crippen LogP contribution in [0.15, 0.2) is 23.0 Å². The van der Waals surface area contributed by atoms with Crippen molar-refractivity contribution >= 4 is 22.9 Å². The molecule has 0 atom stereocenters. The highest BCUT2D eigenvalue weighted by molar-refractivity contribution is 7.07. The molecule has 1 amide bonds. The largest absolute Gasteiger partial charge is 0.385 e. The van der Waals surface area contributed by atoms with Crippen LogP contribution in [0.5, 0.6) is 0 Å². The summed E-state index contributed by atoms with van der Waals surface area (Å²) in [7, 11) is 3.56. The van der Waals surface area contributed by atoms with E-state index in [1.54, 1.807) is 36.5 Å². The van der Waals surface area contributed by atoms with Gasteiger partial charge in [0.15, 0.2) is 5.69 Å². The van der Waals surface area contributed by atoms with E-state index in [1.165, 1.54) is 0 Å². The number of rotatable bonds is 5. The SMILES string of the molecule is CNc1cnc(C(C)C)nc1C(=O)N(C)Cc1ccsc1. The number of carbonyl (C=O) groups is 1. The fraction of sp³-hybridized carbons (Fsp3) is 0.400. The average Bonchev–Trinajstić information content (AvgIpc) is 2.98. The second-order valence-electron chi connectivity index (χ2n) is 5.19. The second kappa shape index (κ2) is 6.67. The molecule has 0 aliphatic rings. The third kappa shape index (κ3) is 3.58. The van der Waals surface area contributed by atoms with Crippen LogP contribution in [0.3, 0.4) is 0 Å². The van der Waals surface area contributed by atoms with Crippen LogP contribution in [-0.2, 0) is 6.54 Å². The molecule has 0 aliphatic carbocycles. The Kier molecular flexibility index (Phi) is 4.90. The summed E-state index contributed by atoms with van der Waals surface area (Å²) in [4.78, 5) is 23.0. The molecule has 5 nitrogen and oxygen atoms in total. The van der Waals surface area contributed by atoms with Crippen molar-refractivity contribution in [3.63, 3.8) is 0 Å². The lowest BCUT2D eigenvalue weighted by molar-refractivity contribution is 0.0780. The topological polar surface area (TPSA) is 58.1 Å². The van der Waals surface area contributed by atoms with Gasteiger partial charge in [-0.25, -0.2) is 9.97 Å². The fourth-order valence-electron chi connectivity index (χ4n) is 1.93. The third-order valence-electron chi connectivity index (χ3n) is 3.14. The molecule has 112 valence electrons. The van der Waals surface area contributed by atoms with E-state index in [9.17, 15) is 4.79 Å². The molecule has 0 radical (unpaired) electrons. The van der Waals surface area contributed by atoms with Crippen LogP contribution in [0.25, 0.3) is 0 Å². The van der Waals surface area contributed by atoms with Crippen LogP contribution in [0.2, 0.25) is 0 Å². The van der Waals surface area contributed by atoms with Crippen LogP contribution in [0.1, 0.15) is 41.6 Å². The number of thiophene rings is 1. The van der Waals surface area contributed by atoms with Crippen LogP contribution in [0.4, 0.5) is 5.69 Å². The van der Waals surface area contributed by atoms with Gasteiger partial charge in [-0.1, -0.05) is 13.8 Å². The molecule has 0 fully saturated rings. The van der Waals surface area contributed by atoms with Crippen molar-refractivity contribution < 1.29 is 4.79 Å². The van der Waals surface area contributed by atoms with Gasteiger partial charge in [-0.3, -0.25) is 4.79 Å². The molecule has 21 heavy (non-hydrogen) atoms. The first-order valence-corrected chi connectivity index (χ1v) is 7.78. The summed E-state index contributed by atoms with van der Waals surface area (Å²) in [5.41, 5.74) is 2.20. The Bertz CT molecular complexity index is 610. The van der Waals surface area contributed by atoms with Crippen LogP contribution >= 0.6 is 11.3 Å². The number of aromatic nitrogens is 2. The van der Waals surface area contributed by atoms with Gasteiger partial charge in [-0.2, -0.15) is 11.3 Å². The average molecular weight is 304 g/mol. The maximum atomic E-state index is 12.6. The first kappa shape index (κ1) is 15.4. The molecule has 2 rings (SSSR count). The summed E-state index contributed by atoms with van der Waals surface area (Å²) in [5.74, 6) is 0.765. The number of carbonyl (C=O) groups excluding carboxylic acids is 1. The number of nitrogens with zero attached hydrogens (tertiary/aromatic N) is 3. The van der Waals surface area contributed by atoms with Crippen molar-refractivity contribution in [1.82, 2.24) is 14.9 Å². The summed E-state index contributed by atoms with van der Waals surface area (Å²) in [6, 6.07) is 2.02. The highest BCUT2D eigenvalue weighted by Gasteiger charge is 2.19. The van der Waals surface area contributed by atoms with Gasteiger partial charge in [0.05, 0.1) is 11.9 Å². The number of hydrogen-bond acceptors (Lipinski definition) is 5. The number of nitrogens with one attached hydrogen (secondary N) is 1. The Hall–Kier alpha value is -1.95. The van der Waals surface area contributed by atoms with Crippen LogP contribution in [-0.4, -0.2) is 34.9 Å². The molecule has 2 heterocycles. The molecule has 0 aliphatic heterocycles. The van der Waals surface area contributed by atoms with Gasteiger partial charge in [-0.05, 0) is 22.4 Å². The predicted molar refractivity (Wildman–Crippen MR) is 85.8 cm³/mol. The van der Waals surface area contributed by atoms with Gasteiger partial charge < -0.3 is 10.2 Å². The summed E-state index contributed by atoms with van der Waals surface area (Å²) >= 11 is 1.63. The molecule has 0 saturated carbocycles. The molecular formula is C15H20N4OS. The molecule has 0 bridgehead atoms. The van der Waals surface area contributed by atoms with Crippen molar-refractivity contribution in [3.05, 3.63) is 40.1 Å². The number of amides is 1. The summed E-state index contributed by atoms with van der Waals surface area (Å²) in [5, 5.41) is 7.04. The number of anilines is 1. The minimum absolute atomic E-state index is 0.102. The predicted octanol–water partition coefficient (Wildman–Crippen LogP) is 2.98. The zero-order valence-corrected chi connectivity index (χ0v) is 13.6. The number of hydrogen-bond donors (Lipinski definition) is 1. The van der Waals surface area contributed by atoms with E-state index in [2.05, 4.69) is 15.3 Å². The minimum atomic E-state index is -0.102. The van der Waals surface area contributed by atoms with Gasteiger partial charge in [-0.15, -0.1) is 0 Å². The molecule has 0 spiro atoms. The van der Waals surface area contributed by atoms with E-state index in [1.807, 2.05) is 30.7 Å². The van der Waals surface area contributed by atoms with E-state index >= 15 is 0 Å². The summed E-state index contributed by atoms with van der Waals surface area (Å²) < 4.78 is 0. The fourth-order valence-corrected chi connectivity index (χ4v) is 2.59. The van der Waals surface area contributed by atoms with Crippen molar-refractivity contribution in [2.45, 2.75) is 26.3 Å². The Balaban J connectivity index is 2.26. The van der Waals surface area contributed by atoms with Gasteiger partial charge in [0.1, 0.15) is 5.82 Å². The third-order valence-corrected chi connectivity index (χ3v) is 3.87. The Labute approximate surface area is 129 Å².